The highest BCUT2D eigenvalue weighted by Crippen LogP contribution is 2.27. The average molecular weight is 312 g/mol. The van der Waals surface area contributed by atoms with Gasteiger partial charge in [0.05, 0.1) is 4.92 Å². The van der Waals surface area contributed by atoms with Crippen LogP contribution < -0.4 is 5.56 Å². The molecule has 1 heterocycles. The third-order valence-electron chi connectivity index (χ3n) is 2.43. The molecular formula is C12H10ClN3O3S. The standard InChI is InChI=1S/C12H10ClN3O3S/c1-7-4-11(17)15-12(14-7)20-6-8-2-3-9(13)10(5-8)16(18)19/h2-5H,6H2,1H3,(H,14,15,17). The molecule has 104 valence electrons. The molecular weight excluding hydrogens is 302 g/mol. The fourth-order valence-corrected chi connectivity index (χ4v) is 2.61. The zero-order valence-electron chi connectivity index (χ0n) is 10.4. The Kier molecular flexibility index (Phi) is 4.41. The molecule has 0 saturated heterocycles. The van der Waals surface area contributed by atoms with Gasteiger partial charge in [0.1, 0.15) is 5.02 Å². The summed E-state index contributed by atoms with van der Waals surface area (Å²) in [6.45, 7) is 1.73. The van der Waals surface area contributed by atoms with Crippen LogP contribution in [0.2, 0.25) is 5.02 Å². The molecule has 0 bridgehead atoms. The number of rotatable bonds is 4. The predicted octanol–water partition coefficient (Wildman–Crippen LogP) is 2.93. The van der Waals surface area contributed by atoms with Crippen LogP contribution in [0.3, 0.4) is 0 Å². The Labute approximate surface area is 123 Å². The molecule has 1 aromatic carbocycles. The van der Waals surface area contributed by atoms with E-state index in [4.69, 9.17) is 11.6 Å². The molecule has 0 amide bonds. The highest BCUT2D eigenvalue weighted by atomic mass is 35.5. The molecule has 6 nitrogen and oxygen atoms in total. The van der Waals surface area contributed by atoms with Crippen LogP contribution in [0.1, 0.15) is 11.3 Å². The van der Waals surface area contributed by atoms with Crippen LogP contribution >= 0.6 is 23.4 Å². The number of thioether (sulfide) groups is 1. The van der Waals surface area contributed by atoms with Crippen LogP contribution in [-0.2, 0) is 5.75 Å². The lowest BCUT2D eigenvalue weighted by atomic mass is 10.2. The molecule has 0 unspecified atom stereocenters. The van der Waals surface area contributed by atoms with E-state index in [0.717, 1.165) is 5.56 Å². The minimum Gasteiger partial charge on any atom is -0.301 e. The summed E-state index contributed by atoms with van der Waals surface area (Å²) in [4.78, 5) is 28.3. The van der Waals surface area contributed by atoms with Crippen LogP contribution in [0.15, 0.2) is 34.2 Å². The number of aryl methyl sites for hydroxylation is 1. The Bertz CT molecular complexity index is 717. The zero-order chi connectivity index (χ0) is 14.7. The maximum absolute atomic E-state index is 11.3. The number of halogens is 1. The Hall–Kier alpha value is -1.86. The second kappa shape index (κ2) is 6.06. The van der Waals surface area contributed by atoms with Gasteiger partial charge in [-0.15, -0.1) is 0 Å². The van der Waals surface area contributed by atoms with E-state index in [1.165, 1.54) is 30.0 Å². The second-order valence-electron chi connectivity index (χ2n) is 4.02. The van der Waals surface area contributed by atoms with Crippen molar-refractivity contribution in [2.75, 3.05) is 0 Å². The van der Waals surface area contributed by atoms with Crippen molar-refractivity contribution in [3.05, 3.63) is 61.0 Å². The van der Waals surface area contributed by atoms with Gasteiger partial charge in [-0.3, -0.25) is 14.9 Å². The summed E-state index contributed by atoms with van der Waals surface area (Å²) >= 11 is 7.04. The van der Waals surface area contributed by atoms with E-state index >= 15 is 0 Å². The number of H-pyrrole nitrogens is 1. The van der Waals surface area contributed by atoms with E-state index in [1.54, 1.807) is 13.0 Å². The van der Waals surface area contributed by atoms with Gasteiger partial charge in [-0.25, -0.2) is 4.98 Å². The van der Waals surface area contributed by atoms with Crippen molar-refractivity contribution < 1.29 is 4.92 Å². The Morgan fingerprint density at radius 2 is 2.20 bits per heavy atom. The SMILES string of the molecule is Cc1cc(=O)[nH]c(SCc2ccc(Cl)c([N+](=O)[O-])c2)n1. The third-order valence-corrected chi connectivity index (χ3v) is 3.69. The lowest BCUT2D eigenvalue weighted by Gasteiger charge is -2.03. The van der Waals surface area contributed by atoms with Gasteiger partial charge in [0.2, 0.25) is 0 Å². The average Bonchev–Trinajstić information content (AvgIpc) is 2.36. The van der Waals surface area contributed by atoms with Crippen LogP contribution in [0.5, 0.6) is 0 Å². The monoisotopic (exact) mass is 311 g/mol. The minimum atomic E-state index is -0.525. The summed E-state index contributed by atoms with van der Waals surface area (Å²) in [7, 11) is 0. The number of nitrogens with zero attached hydrogens (tertiary/aromatic N) is 2. The lowest BCUT2D eigenvalue weighted by Crippen LogP contribution is -2.08. The Morgan fingerprint density at radius 3 is 2.85 bits per heavy atom. The molecule has 0 aliphatic rings. The number of nitro benzene ring substituents is 1. The Morgan fingerprint density at radius 1 is 1.45 bits per heavy atom. The zero-order valence-corrected chi connectivity index (χ0v) is 12.0. The van der Waals surface area contributed by atoms with Gasteiger partial charge in [-0.1, -0.05) is 29.4 Å². The number of benzene rings is 1. The smallest absolute Gasteiger partial charge is 0.288 e. The Balaban J connectivity index is 2.16. The summed E-state index contributed by atoms with van der Waals surface area (Å²) in [5.74, 6) is 0.449. The third kappa shape index (κ3) is 3.58. The number of aromatic amines is 1. The van der Waals surface area contributed by atoms with Gasteiger partial charge in [0, 0.05) is 23.6 Å². The largest absolute Gasteiger partial charge is 0.301 e. The van der Waals surface area contributed by atoms with Gasteiger partial charge in [-0.05, 0) is 18.6 Å². The fraction of sp³-hybridized carbons (Fsp3) is 0.167. The molecule has 1 N–H and O–H groups in total. The highest BCUT2D eigenvalue weighted by Gasteiger charge is 2.13. The van der Waals surface area contributed by atoms with E-state index in [0.29, 0.717) is 16.6 Å². The first kappa shape index (κ1) is 14.5. The van der Waals surface area contributed by atoms with Crippen molar-refractivity contribution in [3.63, 3.8) is 0 Å². The highest BCUT2D eigenvalue weighted by molar-refractivity contribution is 7.98. The molecule has 0 aliphatic carbocycles. The fourth-order valence-electron chi connectivity index (χ4n) is 1.56. The molecule has 0 radical (unpaired) electrons. The predicted molar refractivity (Wildman–Crippen MR) is 77.3 cm³/mol. The van der Waals surface area contributed by atoms with Gasteiger partial charge >= 0.3 is 0 Å². The maximum Gasteiger partial charge on any atom is 0.288 e. The van der Waals surface area contributed by atoms with Gasteiger partial charge < -0.3 is 4.98 Å². The maximum atomic E-state index is 11.3. The number of hydrogen-bond donors (Lipinski definition) is 1. The molecule has 0 saturated carbocycles. The molecule has 0 atom stereocenters. The van der Waals surface area contributed by atoms with Crippen molar-refractivity contribution in [2.45, 2.75) is 17.8 Å². The van der Waals surface area contributed by atoms with E-state index in [1.807, 2.05) is 0 Å². The van der Waals surface area contributed by atoms with Crippen molar-refractivity contribution in [2.24, 2.45) is 0 Å². The molecule has 2 rings (SSSR count). The summed E-state index contributed by atoms with van der Waals surface area (Å²) in [6, 6.07) is 6.01. The van der Waals surface area contributed by atoms with Crippen molar-refractivity contribution >= 4 is 29.1 Å². The molecule has 0 aliphatic heterocycles. The van der Waals surface area contributed by atoms with E-state index in [2.05, 4.69) is 9.97 Å². The quantitative estimate of drug-likeness (QED) is 0.406. The molecule has 2 aromatic rings. The normalized spacial score (nSPS) is 10.5. The first-order valence-corrected chi connectivity index (χ1v) is 6.95. The van der Waals surface area contributed by atoms with Gasteiger partial charge in [0.25, 0.3) is 11.2 Å². The van der Waals surface area contributed by atoms with Gasteiger partial charge in [-0.2, -0.15) is 0 Å². The van der Waals surface area contributed by atoms with Crippen LogP contribution in [0.4, 0.5) is 5.69 Å². The first-order chi connectivity index (χ1) is 9.45. The molecule has 0 fully saturated rings. The van der Waals surface area contributed by atoms with Gasteiger partial charge in [0.15, 0.2) is 5.16 Å². The first-order valence-electron chi connectivity index (χ1n) is 5.59. The number of hydrogen-bond acceptors (Lipinski definition) is 5. The van der Waals surface area contributed by atoms with Crippen LogP contribution in [0.25, 0.3) is 0 Å². The molecule has 8 heteroatoms. The van der Waals surface area contributed by atoms with E-state index < -0.39 is 4.92 Å². The van der Waals surface area contributed by atoms with Crippen LogP contribution in [-0.4, -0.2) is 14.9 Å². The molecule has 20 heavy (non-hydrogen) atoms. The van der Waals surface area contributed by atoms with E-state index in [-0.39, 0.29) is 16.3 Å². The van der Waals surface area contributed by atoms with E-state index in [9.17, 15) is 14.9 Å². The van der Waals surface area contributed by atoms with Crippen molar-refractivity contribution in [1.29, 1.82) is 0 Å². The summed E-state index contributed by atoms with van der Waals surface area (Å²) in [6.07, 6.45) is 0. The molecule has 0 spiro atoms. The molecule has 1 aromatic heterocycles. The summed E-state index contributed by atoms with van der Waals surface area (Å²) < 4.78 is 0. The number of aromatic nitrogens is 2. The summed E-state index contributed by atoms with van der Waals surface area (Å²) in [5.41, 5.74) is 1.01. The summed E-state index contributed by atoms with van der Waals surface area (Å²) in [5, 5.41) is 11.4. The topological polar surface area (TPSA) is 88.9 Å². The van der Waals surface area contributed by atoms with Crippen molar-refractivity contribution in [3.8, 4) is 0 Å². The van der Waals surface area contributed by atoms with Crippen molar-refractivity contribution in [1.82, 2.24) is 9.97 Å². The lowest BCUT2D eigenvalue weighted by molar-refractivity contribution is -0.384. The minimum absolute atomic E-state index is 0.103. The number of nitro groups is 1. The number of nitrogens with one attached hydrogen (secondary N) is 1. The van der Waals surface area contributed by atoms with Crippen LogP contribution in [0, 0.1) is 17.0 Å². The second-order valence-corrected chi connectivity index (χ2v) is 5.39.